The van der Waals surface area contributed by atoms with Gasteiger partial charge in [0.15, 0.2) is 0 Å². The van der Waals surface area contributed by atoms with Crippen LogP contribution in [0.3, 0.4) is 0 Å². The van der Waals surface area contributed by atoms with E-state index in [0.717, 1.165) is 12.0 Å². The first kappa shape index (κ1) is 17.7. The van der Waals surface area contributed by atoms with Crippen molar-refractivity contribution in [2.75, 3.05) is 6.54 Å². The van der Waals surface area contributed by atoms with Crippen molar-refractivity contribution >= 4 is 18.5 Å². The van der Waals surface area contributed by atoms with Crippen LogP contribution in [0, 0.1) is 0 Å². The molecule has 0 radical (unpaired) electrons. The Balaban J connectivity index is 0.00000324. The molecule has 1 rings (SSSR count). The Morgan fingerprint density at radius 1 is 1.21 bits per heavy atom. The molecule has 0 aliphatic rings. The topological polar surface area (TPSA) is 64.3 Å². The van der Waals surface area contributed by atoms with E-state index in [2.05, 4.69) is 5.32 Å². The highest BCUT2D eigenvalue weighted by Gasteiger charge is 2.15. The van der Waals surface area contributed by atoms with Crippen LogP contribution in [0.4, 0.5) is 4.79 Å². The van der Waals surface area contributed by atoms with E-state index < -0.39 is 11.7 Å². The van der Waals surface area contributed by atoms with Gasteiger partial charge in [-0.15, -0.1) is 12.4 Å². The number of benzene rings is 1. The predicted octanol–water partition coefficient (Wildman–Crippen LogP) is 2.63. The first-order chi connectivity index (χ1) is 8.40. The van der Waals surface area contributed by atoms with Gasteiger partial charge < -0.3 is 15.8 Å². The van der Waals surface area contributed by atoms with Crippen LogP contribution < -0.4 is 11.1 Å². The highest BCUT2D eigenvalue weighted by Crippen LogP contribution is 2.08. The third-order valence-electron chi connectivity index (χ3n) is 2.29. The molecular formula is C14H23ClN2O2. The highest BCUT2D eigenvalue weighted by molar-refractivity contribution is 5.85. The van der Waals surface area contributed by atoms with Gasteiger partial charge in [0.2, 0.25) is 0 Å². The molecule has 1 aromatic rings. The SMILES string of the molecule is CC(C)(C)OC(=O)NCc1ccc(CCN)cc1.Cl. The summed E-state index contributed by atoms with van der Waals surface area (Å²) in [6, 6.07) is 8.03. The fourth-order valence-electron chi connectivity index (χ4n) is 1.48. The zero-order valence-corrected chi connectivity index (χ0v) is 12.5. The molecule has 3 N–H and O–H groups in total. The molecule has 5 heteroatoms. The van der Waals surface area contributed by atoms with E-state index >= 15 is 0 Å². The zero-order chi connectivity index (χ0) is 13.6. The largest absolute Gasteiger partial charge is 0.444 e. The molecule has 0 atom stereocenters. The molecule has 4 nitrogen and oxygen atoms in total. The van der Waals surface area contributed by atoms with Crippen LogP contribution in [0.1, 0.15) is 31.9 Å². The van der Waals surface area contributed by atoms with Gasteiger partial charge in [-0.05, 0) is 44.9 Å². The summed E-state index contributed by atoms with van der Waals surface area (Å²) in [4.78, 5) is 11.5. The number of alkyl carbamates (subject to hydrolysis) is 1. The van der Waals surface area contributed by atoms with Crippen LogP contribution in [-0.2, 0) is 17.7 Å². The molecule has 19 heavy (non-hydrogen) atoms. The maximum atomic E-state index is 11.5. The van der Waals surface area contributed by atoms with Crippen molar-refractivity contribution in [2.24, 2.45) is 5.73 Å². The van der Waals surface area contributed by atoms with Crippen LogP contribution >= 0.6 is 12.4 Å². The molecule has 0 heterocycles. The lowest BCUT2D eigenvalue weighted by Crippen LogP contribution is -2.32. The minimum Gasteiger partial charge on any atom is -0.444 e. The highest BCUT2D eigenvalue weighted by atomic mass is 35.5. The van der Waals surface area contributed by atoms with Gasteiger partial charge in [0.25, 0.3) is 0 Å². The van der Waals surface area contributed by atoms with Gasteiger partial charge in [-0.2, -0.15) is 0 Å². The van der Waals surface area contributed by atoms with E-state index in [0.29, 0.717) is 13.1 Å². The van der Waals surface area contributed by atoms with Gasteiger partial charge in [0, 0.05) is 6.54 Å². The molecule has 0 bridgehead atoms. The van der Waals surface area contributed by atoms with Crippen molar-refractivity contribution in [1.29, 1.82) is 0 Å². The van der Waals surface area contributed by atoms with Crippen LogP contribution in [-0.4, -0.2) is 18.2 Å². The third kappa shape index (κ3) is 7.70. The zero-order valence-electron chi connectivity index (χ0n) is 11.7. The summed E-state index contributed by atoms with van der Waals surface area (Å²) in [6.07, 6.45) is 0.480. The fraction of sp³-hybridized carbons (Fsp3) is 0.500. The van der Waals surface area contributed by atoms with Crippen LogP contribution in [0.5, 0.6) is 0 Å². The van der Waals surface area contributed by atoms with Gasteiger partial charge in [-0.25, -0.2) is 4.79 Å². The number of rotatable bonds is 4. The van der Waals surface area contributed by atoms with Crippen molar-refractivity contribution in [3.63, 3.8) is 0 Å². The number of nitrogens with two attached hydrogens (primary N) is 1. The fourth-order valence-corrected chi connectivity index (χ4v) is 1.48. The molecule has 1 amide bonds. The third-order valence-corrected chi connectivity index (χ3v) is 2.29. The van der Waals surface area contributed by atoms with Crippen LogP contribution in [0.15, 0.2) is 24.3 Å². The lowest BCUT2D eigenvalue weighted by Gasteiger charge is -2.19. The van der Waals surface area contributed by atoms with E-state index in [1.165, 1.54) is 5.56 Å². The van der Waals surface area contributed by atoms with Crippen molar-refractivity contribution in [3.05, 3.63) is 35.4 Å². The van der Waals surface area contributed by atoms with Crippen molar-refractivity contribution in [1.82, 2.24) is 5.32 Å². The Morgan fingerprint density at radius 2 is 1.74 bits per heavy atom. The van der Waals surface area contributed by atoms with E-state index in [1.54, 1.807) is 0 Å². The van der Waals surface area contributed by atoms with Gasteiger partial charge in [0.1, 0.15) is 5.60 Å². The Hall–Kier alpha value is -1.26. The molecule has 0 saturated carbocycles. The predicted molar refractivity (Wildman–Crippen MR) is 79.5 cm³/mol. The summed E-state index contributed by atoms with van der Waals surface area (Å²) in [6.45, 7) is 6.64. The molecule has 1 aromatic carbocycles. The number of hydrogen-bond donors (Lipinski definition) is 2. The van der Waals surface area contributed by atoms with E-state index in [1.807, 2.05) is 45.0 Å². The van der Waals surface area contributed by atoms with Crippen molar-refractivity contribution < 1.29 is 9.53 Å². The van der Waals surface area contributed by atoms with E-state index in [-0.39, 0.29) is 12.4 Å². The minimum atomic E-state index is -0.463. The lowest BCUT2D eigenvalue weighted by molar-refractivity contribution is 0.0523. The number of halogens is 1. The Bertz CT molecular complexity index is 385. The second kappa shape index (κ2) is 8.02. The minimum absolute atomic E-state index is 0. The summed E-state index contributed by atoms with van der Waals surface area (Å²) in [7, 11) is 0. The van der Waals surface area contributed by atoms with Gasteiger partial charge in [0.05, 0.1) is 0 Å². The molecule has 0 unspecified atom stereocenters. The summed E-state index contributed by atoms with van der Waals surface area (Å²) in [5, 5.41) is 2.72. The summed E-state index contributed by atoms with van der Waals surface area (Å²) in [5.74, 6) is 0. The molecule has 0 aliphatic carbocycles. The second-order valence-corrected chi connectivity index (χ2v) is 5.21. The van der Waals surface area contributed by atoms with Crippen molar-refractivity contribution in [3.8, 4) is 0 Å². The van der Waals surface area contributed by atoms with Gasteiger partial charge in [-0.1, -0.05) is 24.3 Å². The molecule has 0 spiro atoms. The second-order valence-electron chi connectivity index (χ2n) is 5.21. The molecule has 108 valence electrons. The number of carbonyl (C=O) groups is 1. The standard InChI is InChI=1S/C14H22N2O2.ClH/c1-14(2,3)18-13(17)16-10-12-6-4-11(5-7-12)8-9-15;/h4-7H,8-10,15H2,1-3H3,(H,16,17);1H. The average Bonchev–Trinajstić information content (AvgIpc) is 2.26. The quantitative estimate of drug-likeness (QED) is 0.894. The molecule has 0 aliphatic heterocycles. The number of carbonyl (C=O) groups excluding carboxylic acids is 1. The monoisotopic (exact) mass is 286 g/mol. The molecule has 0 aromatic heterocycles. The van der Waals surface area contributed by atoms with E-state index in [4.69, 9.17) is 10.5 Å². The summed E-state index contributed by atoms with van der Waals surface area (Å²) >= 11 is 0. The normalized spacial score (nSPS) is 10.5. The van der Waals surface area contributed by atoms with Crippen molar-refractivity contribution in [2.45, 2.75) is 39.3 Å². The number of nitrogens with one attached hydrogen (secondary N) is 1. The lowest BCUT2D eigenvalue weighted by atomic mass is 10.1. The summed E-state index contributed by atoms with van der Waals surface area (Å²) in [5.41, 5.74) is 7.27. The summed E-state index contributed by atoms with van der Waals surface area (Å²) < 4.78 is 5.16. The maximum Gasteiger partial charge on any atom is 0.407 e. The molecular weight excluding hydrogens is 264 g/mol. The van der Waals surface area contributed by atoms with Gasteiger partial charge in [-0.3, -0.25) is 0 Å². The van der Waals surface area contributed by atoms with Gasteiger partial charge >= 0.3 is 6.09 Å². The smallest absolute Gasteiger partial charge is 0.407 e. The number of ether oxygens (including phenoxy) is 1. The Morgan fingerprint density at radius 3 is 2.21 bits per heavy atom. The van der Waals surface area contributed by atoms with Crippen LogP contribution in [0.2, 0.25) is 0 Å². The maximum absolute atomic E-state index is 11.5. The Labute approximate surface area is 121 Å². The van der Waals surface area contributed by atoms with E-state index in [9.17, 15) is 4.79 Å². The first-order valence-electron chi connectivity index (χ1n) is 6.15. The number of hydrogen-bond acceptors (Lipinski definition) is 3. The average molecular weight is 287 g/mol. The number of amides is 1. The Kier molecular flexibility index (Phi) is 7.49. The van der Waals surface area contributed by atoms with Crippen LogP contribution in [0.25, 0.3) is 0 Å². The first-order valence-corrected chi connectivity index (χ1v) is 6.15. The molecule has 0 fully saturated rings. The molecule has 0 saturated heterocycles.